The molecule has 2 unspecified atom stereocenters. The van der Waals surface area contributed by atoms with Crippen molar-refractivity contribution in [2.24, 2.45) is 0 Å². The molecule has 0 aliphatic rings. The Balaban J connectivity index is 2.25. The molecule has 0 bridgehead atoms. The Morgan fingerprint density at radius 1 is 1.18 bits per heavy atom. The van der Waals surface area contributed by atoms with E-state index in [1.54, 1.807) is 24.3 Å². The summed E-state index contributed by atoms with van der Waals surface area (Å²) in [4.78, 5) is 10.3. The van der Waals surface area contributed by atoms with Crippen LogP contribution >= 0.6 is 0 Å². The van der Waals surface area contributed by atoms with Gasteiger partial charge < -0.3 is 20.1 Å². The van der Waals surface area contributed by atoms with Gasteiger partial charge in [-0.05, 0) is 12.1 Å². The van der Waals surface area contributed by atoms with Crippen LogP contribution in [0.5, 0.6) is 5.75 Å². The lowest BCUT2D eigenvalue weighted by atomic mass is 10.1. The molecule has 94 valence electrons. The molecular weight excluding hydrogens is 224 g/mol. The van der Waals surface area contributed by atoms with Crippen molar-refractivity contribution in [3.63, 3.8) is 0 Å². The van der Waals surface area contributed by atoms with Crippen molar-refractivity contribution in [3.8, 4) is 5.75 Å². The third kappa shape index (κ3) is 5.89. The molecule has 0 aliphatic carbocycles. The Morgan fingerprint density at radius 3 is 2.41 bits per heavy atom. The maximum atomic E-state index is 10.3. The minimum atomic E-state index is -1.09. The number of carbonyl (C=O) groups is 1. The minimum Gasteiger partial charge on any atom is -0.491 e. The molecule has 5 heteroatoms. The maximum Gasteiger partial charge on any atom is 0.305 e. The van der Waals surface area contributed by atoms with Gasteiger partial charge in [-0.15, -0.1) is 0 Å². The summed E-state index contributed by atoms with van der Waals surface area (Å²) in [5.41, 5.74) is 0. The molecule has 0 saturated carbocycles. The summed E-state index contributed by atoms with van der Waals surface area (Å²) in [5, 5.41) is 27.2. The van der Waals surface area contributed by atoms with E-state index in [0.717, 1.165) is 0 Å². The predicted molar refractivity (Wildman–Crippen MR) is 60.8 cm³/mol. The van der Waals surface area contributed by atoms with E-state index in [2.05, 4.69) is 0 Å². The second-order valence-corrected chi connectivity index (χ2v) is 3.77. The number of hydrogen-bond acceptors (Lipinski definition) is 4. The number of ether oxygens (including phenoxy) is 1. The van der Waals surface area contributed by atoms with Crippen LogP contribution in [0.1, 0.15) is 12.8 Å². The summed E-state index contributed by atoms with van der Waals surface area (Å²) in [6.45, 7) is 0.0285. The molecule has 0 aliphatic heterocycles. The van der Waals surface area contributed by atoms with Gasteiger partial charge in [-0.3, -0.25) is 4.79 Å². The number of hydrogen-bond donors (Lipinski definition) is 3. The molecule has 5 nitrogen and oxygen atoms in total. The minimum absolute atomic E-state index is 0.0147. The van der Waals surface area contributed by atoms with E-state index >= 15 is 0 Å². The van der Waals surface area contributed by atoms with Crippen LogP contribution in [0, 0.1) is 0 Å². The molecule has 17 heavy (non-hydrogen) atoms. The van der Waals surface area contributed by atoms with Crippen LogP contribution in [0.15, 0.2) is 30.3 Å². The monoisotopic (exact) mass is 240 g/mol. The van der Waals surface area contributed by atoms with Gasteiger partial charge in [0.1, 0.15) is 12.4 Å². The van der Waals surface area contributed by atoms with E-state index in [0.29, 0.717) is 5.75 Å². The Kier molecular flexibility index (Phi) is 5.45. The Labute approximate surface area is 99.3 Å². The largest absolute Gasteiger partial charge is 0.491 e. The second-order valence-electron chi connectivity index (χ2n) is 3.77. The van der Waals surface area contributed by atoms with Crippen molar-refractivity contribution in [3.05, 3.63) is 30.3 Å². The van der Waals surface area contributed by atoms with Crippen molar-refractivity contribution < 1.29 is 24.9 Å². The number of carboxylic acid groups (broad SMARTS) is 1. The first-order valence-corrected chi connectivity index (χ1v) is 5.33. The number of benzene rings is 1. The summed E-state index contributed by atoms with van der Waals surface area (Å²) in [5.74, 6) is -0.465. The first kappa shape index (κ1) is 13.5. The second kappa shape index (κ2) is 6.88. The predicted octanol–water partition coefficient (Wildman–Crippen LogP) is 0.652. The highest BCUT2D eigenvalue weighted by Crippen LogP contribution is 2.10. The van der Waals surface area contributed by atoms with Crippen molar-refractivity contribution >= 4 is 5.97 Å². The third-order valence-electron chi connectivity index (χ3n) is 2.14. The van der Waals surface area contributed by atoms with E-state index in [1.165, 1.54) is 0 Å². The fraction of sp³-hybridized carbons (Fsp3) is 0.417. The molecule has 0 aromatic heterocycles. The van der Waals surface area contributed by atoms with Crippen molar-refractivity contribution in [2.45, 2.75) is 25.0 Å². The number of para-hydroxylation sites is 1. The van der Waals surface area contributed by atoms with Crippen molar-refractivity contribution in [1.82, 2.24) is 0 Å². The summed E-state index contributed by atoms with van der Waals surface area (Å²) in [6.07, 6.45) is -2.33. The van der Waals surface area contributed by atoms with E-state index in [9.17, 15) is 15.0 Å². The van der Waals surface area contributed by atoms with Crippen LogP contribution < -0.4 is 4.74 Å². The molecule has 3 N–H and O–H groups in total. The molecule has 0 radical (unpaired) electrons. The average Bonchev–Trinajstić information content (AvgIpc) is 2.26. The van der Waals surface area contributed by atoms with Crippen LogP contribution in [0.25, 0.3) is 0 Å². The highest BCUT2D eigenvalue weighted by atomic mass is 16.5. The quantitative estimate of drug-likeness (QED) is 0.651. The highest BCUT2D eigenvalue weighted by Gasteiger charge is 2.15. The van der Waals surface area contributed by atoms with E-state index in [1.807, 2.05) is 6.07 Å². The van der Waals surface area contributed by atoms with Gasteiger partial charge in [-0.1, -0.05) is 18.2 Å². The fourth-order valence-corrected chi connectivity index (χ4v) is 1.38. The summed E-state index contributed by atoms with van der Waals surface area (Å²) >= 11 is 0. The molecule has 1 aromatic carbocycles. The topological polar surface area (TPSA) is 87.0 Å². The first-order chi connectivity index (χ1) is 8.08. The van der Waals surface area contributed by atoms with Gasteiger partial charge in [-0.2, -0.15) is 0 Å². The molecule has 0 fully saturated rings. The van der Waals surface area contributed by atoms with Crippen molar-refractivity contribution in [2.75, 3.05) is 6.61 Å². The molecule has 1 rings (SSSR count). The zero-order valence-corrected chi connectivity index (χ0v) is 9.32. The van der Waals surface area contributed by atoms with E-state index < -0.39 is 18.2 Å². The van der Waals surface area contributed by atoms with E-state index in [-0.39, 0.29) is 19.4 Å². The molecular formula is C12H16O5. The van der Waals surface area contributed by atoms with Gasteiger partial charge in [0.05, 0.1) is 18.6 Å². The average molecular weight is 240 g/mol. The molecule has 0 spiro atoms. The van der Waals surface area contributed by atoms with Crippen LogP contribution in [-0.4, -0.2) is 40.1 Å². The number of rotatable bonds is 7. The van der Waals surface area contributed by atoms with E-state index in [4.69, 9.17) is 9.84 Å². The third-order valence-corrected chi connectivity index (χ3v) is 2.14. The van der Waals surface area contributed by atoms with Crippen LogP contribution in [0.2, 0.25) is 0 Å². The fourth-order valence-electron chi connectivity index (χ4n) is 1.38. The lowest BCUT2D eigenvalue weighted by Crippen LogP contribution is -2.25. The number of aliphatic carboxylic acids is 1. The number of carboxylic acids is 1. The standard InChI is InChI=1S/C12H16O5/c13-9(7-12(15)16)6-10(14)8-17-11-4-2-1-3-5-11/h1-5,9-10,13-14H,6-8H2,(H,15,16). The van der Waals surface area contributed by atoms with Gasteiger partial charge in [0.25, 0.3) is 0 Å². The van der Waals surface area contributed by atoms with Gasteiger partial charge >= 0.3 is 5.97 Å². The smallest absolute Gasteiger partial charge is 0.305 e. The Morgan fingerprint density at radius 2 is 1.82 bits per heavy atom. The lowest BCUT2D eigenvalue weighted by Gasteiger charge is -2.15. The van der Waals surface area contributed by atoms with Crippen LogP contribution in [-0.2, 0) is 4.79 Å². The molecule has 0 saturated heterocycles. The summed E-state index contributed by atoms with van der Waals surface area (Å²) < 4.78 is 5.27. The van der Waals surface area contributed by atoms with Crippen LogP contribution in [0.3, 0.4) is 0 Å². The first-order valence-electron chi connectivity index (χ1n) is 5.33. The summed E-state index contributed by atoms with van der Waals surface area (Å²) in [7, 11) is 0. The maximum absolute atomic E-state index is 10.3. The highest BCUT2D eigenvalue weighted by molar-refractivity contribution is 5.67. The van der Waals surface area contributed by atoms with Crippen molar-refractivity contribution in [1.29, 1.82) is 0 Å². The Hall–Kier alpha value is -1.59. The zero-order valence-electron chi connectivity index (χ0n) is 9.32. The van der Waals surface area contributed by atoms with Gasteiger partial charge in [-0.25, -0.2) is 0 Å². The zero-order chi connectivity index (χ0) is 12.7. The molecule has 1 aromatic rings. The summed E-state index contributed by atoms with van der Waals surface area (Å²) in [6, 6.07) is 8.96. The van der Waals surface area contributed by atoms with Gasteiger partial charge in [0, 0.05) is 6.42 Å². The molecule has 0 amide bonds. The SMILES string of the molecule is O=C(O)CC(O)CC(O)COc1ccccc1. The molecule has 2 atom stereocenters. The Bertz CT molecular complexity index is 338. The molecule has 0 heterocycles. The van der Waals surface area contributed by atoms with Crippen LogP contribution in [0.4, 0.5) is 0 Å². The number of aliphatic hydroxyl groups is 2. The van der Waals surface area contributed by atoms with Gasteiger partial charge in [0.2, 0.25) is 0 Å². The lowest BCUT2D eigenvalue weighted by molar-refractivity contribution is -0.139. The number of aliphatic hydroxyl groups excluding tert-OH is 2. The van der Waals surface area contributed by atoms with Gasteiger partial charge in [0.15, 0.2) is 0 Å². The normalized spacial score (nSPS) is 14.0.